The Labute approximate surface area is 272 Å². The highest BCUT2D eigenvalue weighted by Crippen LogP contribution is 2.49. The number of esters is 1. The van der Waals surface area contributed by atoms with Gasteiger partial charge in [0.25, 0.3) is 5.91 Å². The molecule has 2 aliphatic carbocycles. The Balaban J connectivity index is 1.21. The summed E-state index contributed by atoms with van der Waals surface area (Å²) < 4.78 is 36.4. The number of benzene rings is 2. The Morgan fingerprint density at radius 3 is 2.40 bits per heavy atom. The second-order valence-electron chi connectivity index (χ2n) is 13.8. The van der Waals surface area contributed by atoms with E-state index in [0.29, 0.717) is 42.4 Å². The molecule has 47 heavy (non-hydrogen) atoms. The second-order valence-corrected chi connectivity index (χ2v) is 13.8. The SMILES string of the molecule is Cn1cc(-c2ccc3c(c2)[C@H](F)CC32NC(=O)N(CC(=O)N(Cc3ccc(F)cc3)C3CCC(C(=O)OC(C)(C)C)CC3)C2=O)cn1. The molecule has 1 spiro atoms. The first kappa shape index (κ1) is 32.3. The van der Waals surface area contributed by atoms with Gasteiger partial charge in [-0.25, -0.2) is 13.6 Å². The van der Waals surface area contributed by atoms with Gasteiger partial charge in [-0.1, -0.05) is 24.3 Å². The van der Waals surface area contributed by atoms with Gasteiger partial charge in [-0.15, -0.1) is 0 Å². The number of urea groups is 1. The molecule has 1 aromatic heterocycles. The quantitative estimate of drug-likeness (QED) is 0.275. The zero-order valence-electron chi connectivity index (χ0n) is 27.0. The Bertz CT molecular complexity index is 1710. The molecular formula is C35H39F2N5O5. The summed E-state index contributed by atoms with van der Waals surface area (Å²) in [4.78, 5) is 56.4. The van der Waals surface area contributed by atoms with E-state index in [1.54, 1.807) is 59.4 Å². The van der Waals surface area contributed by atoms with Crippen LogP contribution in [-0.2, 0) is 38.3 Å². The first-order valence-electron chi connectivity index (χ1n) is 15.9. The zero-order valence-corrected chi connectivity index (χ0v) is 27.0. The van der Waals surface area contributed by atoms with Crippen LogP contribution in [0.25, 0.3) is 11.1 Å². The monoisotopic (exact) mass is 647 g/mol. The second kappa shape index (κ2) is 12.2. The summed E-state index contributed by atoms with van der Waals surface area (Å²) in [6.45, 7) is 5.03. The van der Waals surface area contributed by atoms with Gasteiger partial charge in [0.05, 0.1) is 12.1 Å². The van der Waals surface area contributed by atoms with Crippen LogP contribution in [0.4, 0.5) is 13.6 Å². The molecule has 3 aromatic rings. The van der Waals surface area contributed by atoms with Gasteiger partial charge in [-0.3, -0.25) is 24.0 Å². The number of nitrogens with zero attached hydrogens (tertiary/aromatic N) is 4. The topological polar surface area (TPSA) is 114 Å². The average Bonchev–Trinajstić information content (AvgIpc) is 3.65. The molecule has 1 N–H and O–H groups in total. The number of fused-ring (bicyclic) bond motifs is 2. The molecule has 10 nitrogen and oxygen atoms in total. The fourth-order valence-electron chi connectivity index (χ4n) is 6.98. The molecule has 248 valence electrons. The lowest BCUT2D eigenvalue weighted by atomic mass is 9.85. The molecule has 12 heteroatoms. The van der Waals surface area contributed by atoms with Crippen LogP contribution >= 0.6 is 0 Å². The average molecular weight is 648 g/mol. The van der Waals surface area contributed by atoms with Gasteiger partial charge < -0.3 is 15.0 Å². The van der Waals surface area contributed by atoms with E-state index < -0.39 is 47.5 Å². The van der Waals surface area contributed by atoms with Crippen LogP contribution in [0.5, 0.6) is 0 Å². The lowest BCUT2D eigenvalue weighted by molar-refractivity contribution is -0.161. The van der Waals surface area contributed by atoms with Crippen LogP contribution in [0, 0.1) is 11.7 Å². The lowest BCUT2D eigenvalue weighted by Crippen LogP contribution is -2.49. The maximum absolute atomic E-state index is 15.5. The van der Waals surface area contributed by atoms with Gasteiger partial charge in [0.2, 0.25) is 5.91 Å². The predicted octanol–water partition coefficient (Wildman–Crippen LogP) is 5.32. The number of ether oxygens (including phenoxy) is 1. The molecule has 0 radical (unpaired) electrons. The van der Waals surface area contributed by atoms with Crippen LogP contribution in [-0.4, -0.2) is 61.6 Å². The number of hydrogen-bond donors (Lipinski definition) is 1. The first-order chi connectivity index (χ1) is 22.2. The molecule has 4 amide bonds. The van der Waals surface area contributed by atoms with Gasteiger partial charge in [0.1, 0.15) is 29.7 Å². The van der Waals surface area contributed by atoms with Crippen molar-refractivity contribution < 1.29 is 32.7 Å². The van der Waals surface area contributed by atoms with Crippen molar-refractivity contribution >= 4 is 23.8 Å². The summed E-state index contributed by atoms with van der Waals surface area (Å²) in [5, 5.41) is 6.88. The third kappa shape index (κ3) is 6.37. The number of alkyl halides is 1. The normalized spacial score (nSPS) is 24.0. The van der Waals surface area contributed by atoms with Crippen LogP contribution in [0.1, 0.15) is 75.7 Å². The fourth-order valence-corrected chi connectivity index (χ4v) is 6.98. The van der Waals surface area contributed by atoms with Crippen LogP contribution in [0.3, 0.4) is 0 Å². The number of carbonyl (C=O) groups is 4. The minimum atomic E-state index is -1.62. The molecule has 1 saturated carbocycles. The van der Waals surface area contributed by atoms with Crippen molar-refractivity contribution in [1.29, 1.82) is 0 Å². The van der Waals surface area contributed by atoms with E-state index in [1.165, 1.54) is 12.1 Å². The van der Waals surface area contributed by atoms with Crippen molar-refractivity contribution in [3.63, 3.8) is 0 Å². The third-order valence-electron chi connectivity index (χ3n) is 9.31. The van der Waals surface area contributed by atoms with Crippen molar-refractivity contribution in [3.05, 3.63) is 77.4 Å². The minimum absolute atomic E-state index is 0.127. The summed E-state index contributed by atoms with van der Waals surface area (Å²) in [7, 11) is 1.78. The van der Waals surface area contributed by atoms with Crippen molar-refractivity contribution in [2.75, 3.05) is 6.54 Å². The summed E-state index contributed by atoms with van der Waals surface area (Å²) in [5.74, 6) is -2.13. The Morgan fingerprint density at radius 1 is 1.06 bits per heavy atom. The first-order valence-corrected chi connectivity index (χ1v) is 15.9. The Morgan fingerprint density at radius 2 is 1.77 bits per heavy atom. The molecule has 2 aromatic carbocycles. The van der Waals surface area contributed by atoms with E-state index in [2.05, 4.69) is 10.4 Å². The molecule has 1 unspecified atom stereocenters. The smallest absolute Gasteiger partial charge is 0.325 e. The van der Waals surface area contributed by atoms with Crippen molar-refractivity contribution in [1.82, 2.24) is 24.9 Å². The van der Waals surface area contributed by atoms with Gasteiger partial charge in [0.15, 0.2) is 0 Å². The summed E-state index contributed by atoms with van der Waals surface area (Å²) in [6, 6.07) is 9.84. The van der Waals surface area contributed by atoms with Gasteiger partial charge in [-0.05, 0) is 86.9 Å². The van der Waals surface area contributed by atoms with E-state index in [4.69, 9.17) is 4.74 Å². The molecule has 2 atom stereocenters. The minimum Gasteiger partial charge on any atom is -0.460 e. The van der Waals surface area contributed by atoms with Gasteiger partial charge in [0, 0.05) is 37.8 Å². The maximum Gasteiger partial charge on any atom is 0.325 e. The van der Waals surface area contributed by atoms with E-state index >= 15 is 4.39 Å². The number of halogens is 2. The number of hydrogen-bond acceptors (Lipinski definition) is 6. The highest BCUT2D eigenvalue weighted by Gasteiger charge is 2.58. The highest BCUT2D eigenvalue weighted by atomic mass is 19.1. The highest BCUT2D eigenvalue weighted by molar-refractivity contribution is 6.10. The molecule has 1 aliphatic heterocycles. The van der Waals surface area contributed by atoms with E-state index in [1.807, 2.05) is 20.8 Å². The molecule has 2 heterocycles. The summed E-state index contributed by atoms with van der Waals surface area (Å²) in [6.07, 6.45) is 3.73. The molecule has 2 fully saturated rings. The van der Waals surface area contributed by atoms with Gasteiger partial charge in [-0.2, -0.15) is 5.10 Å². The number of rotatable bonds is 7. The summed E-state index contributed by atoms with van der Waals surface area (Å²) in [5.41, 5.74) is 0.659. The fraction of sp³-hybridized carbons (Fsp3) is 0.457. The standard InChI is InChI=1S/C35H39F2N5O5/c1-34(2,3)47-31(44)22-7-12-26(13-8-22)41(18-21-5-10-25(36)11-6-21)30(43)20-42-32(45)35(39-33(42)46)16-29(37)27-15-23(9-14-28(27)35)24-17-38-40(4)19-24/h5-6,9-11,14-15,17,19,22,26,29H,7-8,12-13,16,18,20H2,1-4H3,(H,39,46)/t22?,26?,29-,35?/m1/s1. The molecule has 6 rings (SSSR count). The molecule has 0 bridgehead atoms. The van der Waals surface area contributed by atoms with Crippen molar-refractivity contribution in [3.8, 4) is 11.1 Å². The third-order valence-corrected chi connectivity index (χ3v) is 9.31. The van der Waals surface area contributed by atoms with Crippen molar-refractivity contribution in [2.45, 2.75) is 82.8 Å². The van der Waals surface area contributed by atoms with E-state index in [0.717, 1.165) is 16.0 Å². The van der Waals surface area contributed by atoms with Gasteiger partial charge >= 0.3 is 12.0 Å². The number of nitrogens with one attached hydrogen (secondary N) is 1. The lowest BCUT2D eigenvalue weighted by Gasteiger charge is -2.37. The van der Waals surface area contributed by atoms with Crippen LogP contribution < -0.4 is 5.32 Å². The molecule has 1 saturated heterocycles. The van der Waals surface area contributed by atoms with E-state index in [-0.39, 0.29) is 30.9 Å². The Kier molecular flexibility index (Phi) is 8.39. The van der Waals surface area contributed by atoms with Crippen LogP contribution in [0.15, 0.2) is 54.9 Å². The predicted molar refractivity (Wildman–Crippen MR) is 168 cm³/mol. The molecule has 3 aliphatic rings. The Hall–Kier alpha value is -4.61. The zero-order chi connectivity index (χ0) is 33.7. The number of aryl methyl sites for hydroxylation is 1. The number of imide groups is 1. The van der Waals surface area contributed by atoms with E-state index in [9.17, 15) is 23.6 Å². The number of carbonyl (C=O) groups excluding carboxylic acids is 4. The van der Waals surface area contributed by atoms with Crippen LogP contribution in [0.2, 0.25) is 0 Å². The number of amides is 4. The number of aromatic nitrogens is 2. The van der Waals surface area contributed by atoms with Crippen molar-refractivity contribution in [2.24, 2.45) is 13.0 Å². The maximum atomic E-state index is 15.5. The largest absolute Gasteiger partial charge is 0.460 e. The summed E-state index contributed by atoms with van der Waals surface area (Å²) >= 11 is 0. The molecular weight excluding hydrogens is 608 g/mol.